The minimum absolute atomic E-state index is 0.00958. The van der Waals surface area contributed by atoms with Gasteiger partial charge in [-0.1, -0.05) is 0 Å². The highest BCUT2D eigenvalue weighted by molar-refractivity contribution is 8.03. The maximum absolute atomic E-state index is 11.9. The number of hydrogen-bond donors (Lipinski definition) is 0. The van der Waals surface area contributed by atoms with Gasteiger partial charge in [0, 0.05) is 5.41 Å². The van der Waals surface area contributed by atoms with Crippen molar-refractivity contribution in [3.63, 3.8) is 0 Å². The number of nitrogens with zero attached hydrogens (tertiary/aromatic N) is 1. The van der Waals surface area contributed by atoms with Gasteiger partial charge in [-0.15, -0.1) is 11.8 Å². The number of ether oxygens (including phenoxy) is 2. The summed E-state index contributed by atoms with van der Waals surface area (Å²) in [5.41, 5.74) is 0. The molecular weight excluding hydrogens is 302 g/mol. The van der Waals surface area contributed by atoms with Crippen molar-refractivity contribution >= 4 is 17.5 Å². The van der Waals surface area contributed by atoms with Crippen LogP contribution >= 0.6 is 11.8 Å². The van der Waals surface area contributed by atoms with Crippen molar-refractivity contribution in [1.29, 1.82) is 0 Å². The van der Waals surface area contributed by atoms with E-state index in [2.05, 4.69) is 0 Å². The molecule has 1 saturated heterocycles. The Morgan fingerprint density at radius 3 is 2.86 bits per heavy atom. The lowest BCUT2D eigenvalue weighted by atomic mass is 10.2. The molecule has 6 heteroatoms. The molecule has 0 N–H and O–H groups in total. The van der Waals surface area contributed by atoms with Crippen LogP contribution in [0, 0.1) is 0 Å². The predicted octanol–water partition coefficient (Wildman–Crippen LogP) is 2.19. The summed E-state index contributed by atoms with van der Waals surface area (Å²) >= 11 is 1.53. The van der Waals surface area contributed by atoms with Gasteiger partial charge in [-0.25, -0.2) is 0 Å². The summed E-state index contributed by atoms with van der Waals surface area (Å²) in [6, 6.07) is 3.93. The van der Waals surface area contributed by atoms with E-state index in [1.807, 2.05) is 24.5 Å². The zero-order valence-corrected chi connectivity index (χ0v) is 13.6. The maximum atomic E-state index is 11.9. The number of allylic oxidation sites excluding steroid dienone is 1. The number of Topliss-reactive ketones (excluding diaryl/α,β-unsaturated/α-hetero) is 1. The molecule has 2 aliphatic heterocycles. The van der Waals surface area contributed by atoms with Gasteiger partial charge >= 0.3 is 0 Å². The zero-order valence-electron chi connectivity index (χ0n) is 12.8. The van der Waals surface area contributed by atoms with Crippen molar-refractivity contribution < 1.29 is 23.2 Å². The first-order chi connectivity index (χ1) is 10.7. The number of morpholine rings is 1. The van der Waals surface area contributed by atoms with Crippen molar-refractivity contribution in [1.82, 2.24) is 0 Å². The molecule has 22 heavy (non-hydrogen) atoms. The van der Waals surface area contributed by atoms with Gasteiger partial charge in [-0.05, 0) is 19.1 Å². The van der Waals surface area contributed by atoms with E-state index in [9.17, 15) is 4.79 Å². The van der Waals surface area contributed by atoms with Crippen LogP contribution < -0.4 is 0 Å². The molecule has 1 aromatic heterocycles. The average molecular weight is 324 g/mol. The molecule has 0 radical (unpaired) electrons. The summed E-state index contributed by atoms with van der Waals surface area (Å²) in [4.78, 5) is 11.9. The molecule has 1 atom stereocenters. The van der Waals surface area contributed by atoms with E-state index in [-0.39, 0.29) is 11.0 Å². The minimum Gasteiger partial charge on any atom is -0.483 e. The number of furan rings is 1. The fraction of sp³-hybridized carbons (Fsp3) is 0.562. The fourth-order valence-corrected chi connectivity index (χ4v) is 3.61. The Labute approximate surface area is 134 Å². The van der Waals surface area contributed by atoms with E-state index in [0.717, 1.165) is 49.6 Å². The standard InChI is InChI=1S/C16H22NO4S/c1-13-16(18)15(12-22-13)21-10-6-17(4-8-19-9-5-17)11-14-3-2-7-20-14/h2-3,7,12-13H,4-6,8-11H2,1H3/q+1. The number of carbonyl (C=O) groups is 1. The van der Waals surface area contributed by atoms with Crippen LogP contribution in [-0.4, -0.2) is 55.0 Å². The summed E-state index contributed by atoms with van der Waals surface area (Å²) in [6.07, 6.45) is 1.71. The van der Waals surface area contributed by atoms with Gasteiger partial charge in [0.1, 0.15) is 32.8 Å². The molecule has 0 spiro atoms. The van der Waals surface area contributed by atoms with E-state index in [0.29, 0.717) is 12.4 Å². The monoisotopic (exact) mass is 324 g/mol. The maximum Gasteiger partial charge on any atom is 0.210 e. The number of quaternary nitrogens is 1. The lowest BCUT2D eigenvalue weighted by Gasteiger charge is -2.40. The Kier molecular flexibility index (Phi) is 4.90. The minimum atomic E-state index is -0.00958. The van der Waals surface area contributed by atoms with Gasteiger partial charge in [-0.3, -0.25) is 4.79 Å². The highest BCUT2D eigenvalue weighted by Crippen LogP contribution is 2.27. The predicted molar refractivity (Wildman–Crippen MR) is 84.2 cm³/mol. The molecule has 3 rings (SSSR count). The molecule has 0 amide bonds. The normalized spacial score (nSPS) is 24.3. The molecule has 0 saturated carbocycles. The molecule has 5 nitrogen and oxygen atoms in total. The van der Waals surface area contributed by atoms with Crippen LogP contribution in [-0.2, 0) is 20.8 Å². The van der Waals surface area contributed by atoms with Crippen LogP contribution in [0.1, 0.15) is 12.7 Å². The lowest BCUT2D eigenvalue weighted by Crippen LogP contribution is -2.55. The van der Waals surface area contributed by atoms with Crippen LogP contribution in [0.15, 0.2) is 34.0 Å². The van der Waals surface area contributed by atoms with E-state index < -0.39 is 0 Å². The van der Waals surface area contributed by atoms with E-state index in [4.69, 9.17) is 13.9 Å². The third-order valence-corrected chi connectivity index (χ3v) is 5.28. The van der Waals surface area contributed by atoms with Gasteiger partial charge in [0.15, 0.2) is 11.5 Å². The average Bonchev–Trinajstić information content (AvgIpc) is 3.13. The van der Waals surface area contributed by atoms with Crippen molar-refractivity contribution in [2.45, 2.75) is 18.7 Å². The molecule has 120 valence electrons. The lowest BCUT2D eigenvalue weighted by molar-refractivity contribution is -0.948. The molecule has 0 aliphatic carbocycles. The molecule has 1 aromatic rings. The van der Waals surface area contributed by atoms with Crippen LogP contribution in [0.5, 0.6) is 0 Å². The Hall–Kier alpha value is -1.24. The molecule has 1 unspecified atom stereocenters. The first kappa shape index (κ1) is 15.6. The molecule has 0 aromatic carbocycles. The van der Waals surface area contributed by atoms with Gasteiger partial charge < -0.3 is 18.4 Å². The molecule has 0 bridgehead atoms. The van der Waals surface area contributed by atoms with Crippen molar-refractivity contribution in [2.24, 2.45) is 0 Å². The Balaban J connectivity index is 1.57. The topological polar surface area (TPSA) is 48.7 Å². The summed E-state index contributed by atoms with van der Waals surface area (Å²) in [6.45, 7) is 7.57. The van der Waals surface area contributed by atoms with Crippen molar-refractivity contribution in [3.8, 4) is 0 Å². The van der Waals surface area contributed by atoms with Gasteiger partial charge in [-0.2, -0.15) is 0 Å². The third-order valence-electron chi connectivity index (χ3n) is 4.31. The van der Waals surface area contributed by atoms with E-state index in [1.54, 1.807) is 6.26 Å². The first-order valence-electron chi connectivity index (χ1n) is 7.66. The largest absolute Gasteiger partial charge is 0.483 e. The number of carbonyl (C=O) groups excluding carboxylic acids is 1. The molecular formula is C16H22NO4S+. The van der Waals surface area contributed by atoms with Crippen LogP contribution in [0.4, 0.5) is 0 Å². The number of hydrogen-bond acceptors (Lipinski definition) is 5. The Bertz CT molecular complexity index is 534. The molecule has 3 heterocycles. The summed E-state index contributed by atoms with van der Waals surface area (Å²) in [7, 11) is 0. The second-order valence-corrected chi connectivity index (χ2v) is 7.05. The smallest absolute Gasteiger partial charge is 0.210 e. The van der Waals surface area contributed by atoms with Crippen molar-refractivity contribution in [3.05, 3.63) is 35.3 Å². The zero-order chi connectivity index (χ0) is 15.4. The van der Waals surface area contributed by atoms with Crippen LogP contribution in [0.2, 0.25) is 0 Å². The summed E-state index contributed by atoms with van der Waals surface area (Å²) in [5, 5.41) is 1.83. The molecule has 1 fully saturated rings. The number of ketones is 1. The molecule has 2 aliphatic rings. The second-order valence-electron chi connectivity index (χ2n) is 5.84. The van der Waals surface area contributed by atoms with Crippen LogP contribution in [0.25, 0.3) is 0 Å². The Morgan fingerprint density at radius 2 is 2.23 bits per heavy atom. The number of thioether (sulfide) groups is 1. The van der Waals surface area contributed by atoms with Crippen molar-refractivity contribution in [2.75, 3.05) is 39.5 Å². The van der Waals surface area contributed by atoms with Crippen LogP contribution in [0.3, 0.4) is 0 Å². The highest BCUT2D eigenvalue weighted by atomic mass is 32.2. The highest BCUT2D eigenvalue weighted by Gasteiger charge is 2.32. The Morgan fingerprint density at radius 1 is 1.41 bits per heavy atom. The second kappa shape index (κ2) is 6.89. The van der Waals surface area contributed by atoms with Gasteiger partial charge in [0.25, 0.3) is 0 Å². The SMILES string of the molecule is CC1SC=C(OCC[N+]2(Cc3ccco3)CCOCC2)C1=O. The van der Waals surface area contributed by atoms with E-state index >= 15 is 0 Å². The van der Waals surface area contributed by atoms with Gasteiger partial charge in [0.05, 0.1) is 24.7 Å². The first-order valence-corrected chi connectivity index (χ1v) is 8.61. The quantitative estimate of drug-likeness (QED) is 0.751. The van der Waals surface area contributed by atoms with E-state index in [1.165, 1.54) is 11.8 Å². The van der Waals surface area contributed by atoms with Gasteiger partial charge in [0.2, 0.25) is 5.78 Å². The fourth-order valence-electron chi connectivity index (χ4n) is 2.86. The summed E-state index contributed by atoms with van der Waals surface area (Å²) < 4.78 is 17.6. The summed E-state index contributed by atoms with van der Waals surface area (Å²) in [5.74, 6) is 1.61. The number of rotatable bonds is 6. The third kappa shape index (κ3) is 3.56.